The molecule has 0 atom stereocenters. The van der Waals surface area contributed by atoms with E-state index in [2.05, 4.69) is 9.80 Å². The zero-order valence-corrected chi connectivity index (χ0v) is 11.0. The summed E-state index contributed by atoms with van der Waals surface area (Å²) in [5, 5.41) is 17.7. The third-order valence-electron chi connectivity index (χ3n) is 3.45. The van der Waals surface area contributed by atoms with Crippen molar-refractivity contribution in [2.75, 3.05) is 52.5 Å². The maximum atomic E-state index is 8.87. The fourth-order valence-electron chi connectivity index (χ4n) is 2.39. The molecule has 2 N–H and O–H groups in total. The maximum absolute atomic E-state index is 8.87. The van der Waals surface area contributed by atoms with Crippen molar-refractivity contribution in [2.24, 2.45) is 0 Å². The summed E-state index contributed by atoms with van der Waals surface area (Å²) in [5.74, 6) is 0. The molecule has 1 aliphatic rings. The quantitative estimate of drug-likeness (QED) is 0.621. The predicted octanol–water partition coefficient (Wildman–Crippen LogP) is 0.539. The molecule has 17 heavy (non-hydrogen) atoms. The summed E-state index contributed by atoms with van der Waals surface area (Å²) < 4.78 is 0. The number of piperidine rings is 1. The van der Waals surface area contributed by atoms with E-state index in [0.717, 1.165) is 39.0 Å². The molecule has 0 bridgehead atoms. The molecule has 102 valence electrons. The van der Waals surface area contributed by atoms with Crippen molar-refractivity contribution in [3.8, 4) is 0 Å². The Labute approximate surface area is 105 Å². The first-order chi connectivity index (χ1) is 8.36. The van der Waals surface area contributed by atoms with Gasteiger partial charge in [0.15, 0.2) is 0 Å². The number of rotatable bonds is 9. The fourth-order valence-corrected chi connectivity index (χ4v) is 2.39. The van der Waals surface area contributed by atoms with Gasteiger partial charge in [-0.05, 0) is 38.8 Å². The number of hydrogen-bond acceptors (Lipinski definition) is 4. The largest absolute Gasteiger partial charge is 0.396 e. The Hall–Kier alpha value is -0.160. The van der Waals surface area contributed by atoms with Crippen molar-refractivity contribution in [1.82, 2.24) is 9.80 Å². The molecule has 0 saturated carbocycles. The van der Waals surface area contributed by atoms with Gasteiger partial charge in [0.2, 0.25) is 0 Å². The van der Waals surface area contributed by atoms with E-state index < -0.39 is 0 Å². The summed E-state index contributed by atoms with van der Waals surface area (Å²) in [4.78, 5) is 4.90. The van der Waals surface area contributed by atoms with Crippen molar-refractivity contribution >= 4 is 0 Å². The van der Waals surface area contributed by atoms with Gasteiger partial charge in [0, 0.05) is 39.4 Å². The second-order valence-electron chi connectivity index (χ2n) is 4.90. The van der Waals surface area contributed by atoms with Gasteiger partial charge in [-0.2, -0.15) is 0 Å². The minimum absolute atomic E-state index is 0.263. The molecule has 0 unspecified atom stereocenters. The summed E-state index contributed by atoms with van der Waals surface area (Å²) in [7, 11) is 0. The highest BCUT2D eigenvalue weighted by Crippen LogP contribution is 2.08. The fraction of sp³-hybridized carbons (Fsp3) is 1.00. The number of hydrogen-bond donors (Lipinski definition) is 2. The first-order valence-corrected chi connectivity index (χ1v) is 7.03. The second-order valence-corrected chi connectivity index (χ2v) is 4.90. The lowest BCUT2D eigenvalue weighted by atomic mass is 10.1. The van der Waals surface area contributed by atoms with E-state index in [0.29, 0.717) is 0 Å². The van der Waals surface area contributed by atoms with Gasteiger partial charge in [-0.1, -0.05) is 6.42 Å². The third-order valence-corrected chi connectivity index (χ3v) is 3.45. The van der Waals surface area contributed by atoms with Crippen molar-refractivity contribution in [2.45, 2.75) is 32.1 Å². The molecule has 1 aliphatic heterocycles. The lowest BCUT2D eigenvalue weighted by Crippen LogP contribution is -2.39. The summed E-state index contributed by atoms with van der Waals surface area (Å²) in [6.07, 6.45) is 5.74. The molecule has 1 fully saturated rings. The zero-order chi connectivity index (χ0) is 12.3. The topological polar surface area (TPSA) is 46.9 Å². The number of aliphatic hydroxyl groups is 2. The number of likely N-dealkylation sites (tertiary alicyclic amines) is 1. The highest BCUT2D eigenvalue weighted by Gasteiger charge is 2.11. The van der Waals surface area contributed by atoms with Crippen LogP contribution in [0.2, 0.25) is 0 Å². The van der Waals surface area contributed by atoms with Crippen molar-refractivity contribution in [3.05, 3.63) is 0 Å². The summed E-state index contributed by atoms with van der Waals surface area (Å²) in [6.45, 7) is 7.12. The van der Waals surface area contributed by atoms with E-state index in [-0.39, 0.29) is 13.2 Å². The number of aliphatic hydroxyl groups excluding tert-OH is 2. The normalized spacial score (nSPS) is 17.8. The van der Waals surface area contributed by atoms with E-state index in [9.17, 15) is 0 Å². The first-order valence-electron chi connectivity index (χ1n) is 7.03. The standard InChI is InChI=1S/C13H28N2O2/c16-12-4-8-15(9-5-13-17)11-10-14-6-2-1-3-7-14/h16-17H,1-13H2. The molecule has 1 rings (SSSR count). The van der Waals surface area contributed by atoms with Gasteiger partial charge in [0.25, 0.3) is 0 Å². The van der Waals surface area contributed by atoms with Crippen LogP contribution in [0, 0.1) is 0 Å². The van der Waals surface area contributed by atoms with Crippen LogP contribution in [0.15, 0.2) is 0 Å². The van der Waals surface area contributed by atoms with E-state index in [4.69, 9.17) is 10.2 Å². The van der Waals surface area contributed by atoms with Crippen LogP contribution in [0.4, 0.5) is 0 Å². The van der Waals surface area contributed by atoms with E-state index in [1.807, 2.05) is 0 Å². The average Bonchev–Trinajstić information content (AvgIpc) is 2.39. The predicted molar refractivity (Wildman–Crippen MR) is 70.1 cm³/mol. The molecule has 0 spiro atoms. The maximum Gasteiger partial charge on any atom is 0.0443 e. The summed E-state index contributed by atoms with van der Waals surface area (Å²) in [6, 6.07) is 0. The monoisotopic (exact) mass is 244 g/mol. The van der Waals surface area contributed by atoms with Gasteiger partial charge in [-0.25, -0.2) is 0 Å². The van der Waals surface area contributed by atoms with Crippen molar-refractivity contribution in [1.29, 1.82) is 0 Å². The van der Waals surface area contributed by atoms with Crippen LogP contribution >= 0.6 is 0 Å². The Balaban J connectivity index is 2.16. The minimum atomic E-state index is 0.263. The Bertz CT molecular complexity index is 165. The molecule has 0 aromatic carbocycles. The molecular formula is C13H28N2O2. The van der Waals surface area contributed by atoms with E-state index >= 15 is 0 Å². The van der Waals surface area contributed by atoms with Crippen LogP contribution in [0.3, 0.4) is 0 Å². The molecule has 4 heteroatoms. The summed E-state index contributed by atoms with van der Waals surface area (Å²) >= 11 is 0. The lowest BCUT2D eigenvalue weighted by molar-refractivity contribution is 0.162. The van der Waals surface area contributed by atoms with Gasteiger partial charge in [-0.3, -0.25) is 0 Å². The van der Waals surface area contributed by atoms with Crippen LogP contribution < -0.4 is 0 Å². The molecule has 1 heterocycles. The van der Waals surface area contributed by atoms with Gasteiger partial charge in [-0.15, -0.1) is 0 Å². The van der Waals surface area contributed by atoms with Gasteiger partial charge >= 0.3 is 0 Å². The van der Waals surface area contributed by atoms with Crippen LogP contribution in [-0.4, -0.2) is 72.5 Å². The van der Waals surface area contributed by atoms with Gasteiger partial charge in [0.1, 0.15) is 0 Å². The minimum Gasteiger partial charge on any atom is -0.396 e. The molecule has 4 nitrogen and oxygen atoms in total. The van der Waals surface area contributed by atoms with Crippen LogP contribution in [0.25, 0.3) is 0 Å². The molecule has 0 radical (unpaired) electrons. The van der Waals surface area contributed by atoms with Crippen LogP contribution in [-0.2, 0) is 0 Å². The average molecular weight is 244 g/mol. The van der Waals surface area contributed by atoms with E-state index in [1.54, 1.807) is 0 Å². The van der Waals surface area contributed by atoms with Gasteiger partial charge < -0.3 is 20.0 Å². The highest BCUT2D eigenvalue weighted by atomic mass is 16.3. The Morgan fingerprint density at radius 2 is 1.41 bits per heavy atom. The highest BCUT2D eigenvalue weighted by molar-refractivity contribution is 4.67. The van der Waals surface area contributed by atoms with Crippen molar-refractivity contribution < 1.29 is 10.2 Å². The molecule has 0 aliphatic carbocycles. The molecule has 0 aromatic rings. The zero-order valence-electron chi connectivity index (χ0n) is 11.0. The van der Waals surface area contributed by atoms with Crippen molar-refractivity contribution in [3.63, 3.8) is 0 Å². The molecule has 0 amide bonds. The second kappa shape index (κ2) is 9.83. The lowest BCUT2D eigenvalue weighted by Gasteiger charge is -2.30. The van der Waals surface area contributed by atoms with Crippen LogP contribution in [0.1, 0.15) is 32.1 Å². The Morgan fingerprint density at radius 1 is 0.824 bits per heavy atom. The third kappa shape index (κ3) is 6.99. The van der Waals surface area contributed by atoms with Crippen LogP contribution in [0.5, 0.6) is 0 Å². The molecular weight excluding hydrogens is 216 g/mol. The SMILES string of the molecule is OCCCN(CCCO)CCN1CCCCC1. The smallest absolute Gasteiger partial charge is 0.0443 e. The molecule has 0 aromatic heterocycles. The Morgan fingerprint density at radius 3 is 1.94 bits per heavy atom. The first kappa shape index (κ1) is 14.9. The Kier molecular flexibility index (Phi) is 8.61. The van der Waals surface area contributed by atoms with E-state index in [1.165, 1.54) is 32.4 Å². The summed E-state index contributed by atoms with van der Waals surface area (Å²) in [5.41, 5.74) is 0. The van der Waals surface area contributed by atoms with Gasteiger partial charge in [0.05, 0.1) is 0 Å². The molecule has 1 saturated heterocycles. The number of nitrogens with zero attached hydrogens (tertiary/aromatic N) is 2.